The maximum atomic E-state index is 12.1. The number of benzene rings is 2. The lowest BCUT2D eigenvalue weighted by molar-refractivity contribution is -0.121. The minimum atomic E-state index is 0.143. The Morgan fingerprint density at radius 1 is 1.00 bits per heavy atom. The summed E-state index contributed by atoms with van der Waals surface area (Å²) in [7, 11) is 0. The van der Waals surface area contributed by atoms with Crippen LogP contribution in [-0.2, 0) is 9.53 Å². The van der Waals surface area contributed by atoms with E-state index in [-0.39, 0.29) is 5.91 Å². The van der Waals surface area contributed by atoms with Gasteiger partial charge in [-0.25, -0.2) is 4.98 Å². The fraction of sp³-hybridized carbons (Fsp3) is 0.385. The van der Waals surface area contributed by atoms with Gasteiger partial charge in [0.05, 0.1) is 24.6 Å². The lowest BCUT2D eigenvalue weighted by Crippen LogP contribution is -2.41. The summed E-state index contributed by atoms with van der Waals surface area (Å²) in [4.78, 5) is 22.8. The van der Waals surface area contributed by atoms with Crippen LogP contribution in [0.5, 0.6) is 0 Å². The summed E-state index contributed by atoms with van der Waals surface area (Å²) in [5.74, 6) is 1.07. The first-order chi connectivity index (χ1) is 16.3. The number of H-pyrrole nitrogens is 1. The number of morpholine rings is 1. The molecule has 2 heterocycles. The first-order valence-electron chi connectivity index (χ1n) is 11.7. The molecule has 0 atom stereocenters. The van der Waals surface area contributed by atoms with Crippen LogP contribution in [0.2, 0.25) is 0 Å². The highest BCUT2D eigenvalue weighted by Crippen LogP contribution is 2.32. The van der Waals surface area contributed by atoms with Crippen molar-refractivity contribution in [3.63, 3.8) is 0 Å². The van der Waals surface area contributed by atoms with E-state index >= 15 is 0 Å². The number of thioether (sulfide) groups is 1. The molecule has 4 rings (SSSR count). The Labute approximate surface area is 200 Å². The number of amides is 1. The SMILES string of the molecule is O=C(CCCCSc1nc(-c2ccccc2)c(-c2ccccc2)[nH]1)NCCN1CCOCC1. The molecule has 0 bridgehead atoms. The largest absolute Gasteiger partial charge is 0.379 e. The van der Waals surface area contributed by atoms with Crippen LogP contribution in [0.25, 0.3) is 22.5 Å². The van der Waals surface area contributed by atoms with E-state index in [1.54, 1.807) is 11.8 Å². The second-order valence-electron chi connectivity index (χ2n) is 8.11. The number of unbranched alkanes of at least 4 members (excludes halogenated alkanes) is 1. The van der Waals surface area contributed by atoms with Crippen molar-refractivity contribution in [1.29, 1.82) is 0 Å². The van der Waals surface area contributed by atoms with Gasteiger partial charge in [-0.3, -0.25) is 9.69 Å². The van der Waals surface area contributed by atoms with Gasteiger partial charge in [0.1, 0.15) is 0 Å². The quantitative estimate of drug-likeness (QED) is 0.324. The number of carbonyl (C=O) groups excluding carboxylic acids is 1. The minimum Gasteiger partial charge on any atom is -0.379 e. The van der Waals surface area contributed by atoms with Crippen LogP contribution in [-0.4, -0.2) is 65.9 Å². The molecular weight excluding hydrogens is 432 g/mol. The van der Waals surface area contributed by atoms with Crippen molar-refractivity contribution < 1.29 is 9.53 Å². The highest BCUT2D eigenvalue weighted by Gasteiger charge is 2.14. The van der Waals surface area contributed by atoms with E-state index in [2.05, 4.69) is 39.5 Å². The number of hydrogen-bond donors (Lipinski definition) is 2. The molecule has 1 aromatic heterocycles. The molecule has 7 heteroatoms. The molecule has 174 valence electrons. The second-order valence-corrected chi connectivity index (χ2v) is 9.19. The van der Waals surface area contributed by atoms with Crippen LogP contribution in [0.15, 0.2) is 65.8 Å². The van der Waals surface area contributed by atoms with Crippen LogP contribution in [0, 0.1) is 0 Å². The first-order valence-corrected chi connectivity index (χ1v) is 12.7. The fourth-order valence-corrected chi connectivity index (χ4v) is 4.73. The van der Waals surface area contributed by atoms with Crippen LogP contribution < -0.4 is 5.32 Å². The average molecular weight is 465 g/mol. The van der Waals surface area contributed by atoms with Crippen molar-refractivity contribution in [2.45, 2.75) is 24.4 Å². The Bertz CT molecular complexity index is 931. The van der Waals surface area contributed by atoms with Gasteiger partial charge in [0.25, 0.3) is 0 Å². The highest BCUT2D eigenvalue weighted by atomic mass is 32.2. The molecule has 6 nitrogen and oxygen atoms in total. The third kappa shape index (κ3) is 7.19. The number of aromatic nitrogens is 2. The van der Waals surface area contributed by atoms with Gasteiger partial charge in [0.15, 0.2) is 5.16 Å². The minimum absolute atomic E-state index is 0.143. The molecule has 1 amide bonds. The summed E-state index contributed by atoms with van der Waals surface area (Å²) < 4.78 is 5.35. The van der Waals surface area contributed by atoms with E-state index in [0.29, 0.717) is 13.0 Å². The molecule has 0 unspecified atom stereocenters. The number of aromatic amines is 1. The van der Waals surface area contributed by atoms with Gasteiger partial charge in [0.2, 0.25) is 5.91 Å². The molecule has 0 aliphatic carbocycles. The van der Waals surface area contributed by atoms with Crippen LogP contribution in [0.4, 0.5) is 0 Å². The van der Waals surface area contributed by atoms with E-state index in [1.807, 2.05) is 36.4 Å². The van der Waals surface area contributed by atoms with E-state index in [1.165, 1.54) is 0 Å². The van der Waals surface area contributed by atoms with Gasteiger partial charge in [-0.05, 0) is 12.8 Å². The summed E-state index contributed by atoms with van der Waals surface area (Å²) in [5.41, 5.74) is 4.26. The molecule has 1 saturated heterocycles. The maximum Gasteiger partial charge on any atom is 0.220 e. The van der Waals surface area contributed by atoms with Gasteiger partial charge in [-0.15, -0.1) is 0 Å². The van der Waals surface area contributed by atoms with Crippen molar-refractivity contribution in [2.24, 2.45) is 0 Å². The van der Waals surface area contributed by atoms with Crippen molar-refractivity contribution in [3.8, 4) is 22.5 Å². The highest BCUT2D eigenvalue weighted by molar-refractivity contribution is 7.99. The number of imidazole rings is 1. The third-order valence-electron chi connectivity index (χ3n) is 5.68. The van der Waals surface area contributed by atoms with Gasteiger partial charge < -0.3 is 15.0 Å². The van der Waals surface area contributed by atoms with E-state index in [0.717, 1.165) is 79.1 Å². The van der Waals surface area contributed by atoms with E-state index in [4.69, 9.17) is 9.72 Å². The summed E-state index contributed by atoms with van der Waals surface area (Å²) >= 11 is 1.72. The fourth-order valence-electron chi connectivity index (χ4n) is 3.86. The Morgan fingerprint density at radius 3 is 2.42 bits per heavy atom. The summed E-state index contributed by atoms with van der Waals surface area (Å²) in [6.45, 7) is 5.11. The molecule has 3 aromatic rings. The molecule has 2 N–H and O–H groups in total. The Morgan fingerprint density at radius 2 is 1.70 bits per heavy atom. The Kier molecular flexibility index (Phi) is 8.98. The van der Waals surface area contributed by atoms with Crippen molar-refractivity contribution in [3.05, 3.63) is 60.7 Å². The van der Waals surface area contributed by atoms with Crippen molar-refractivity contribution >= 4 is 17.7 Å². The molecule has 33 heavy (non-hydrogen) atoms. The number of carbonyl (C=O) groups is 1. The van der Waals surface area contributed by atoms with Gasteiger partial charge in [0, 0.05) is 49.5 Å². The van der Waals surface area contributed by atoms with Crippen molar-refractivity contribution in [2.75, 3.05) is 45.1 Å². The summed E-state index contributed by atoms with van der Waals surface area (Å²) in [5, 5.41) is 3.96. The van der Waals surface area contributed by atoms with Gasteiger partial charge in [-0.1, -0.05) is 72.4 Å². The predicted octanol–water partition coefficient (Wildman–Crippen LogP) is 4.45. The lowest BCUT2D eigenvalue weighted by atomic mass is 10.1. The maximum absolute atomic E-state index is 12.1. The van der Waals surface area contributed by atoms with Crippen LogP contribution in [0.1, 0.15) is 19.3 Å². The van der Waals surface area contributed by atoms with Gasteiger partial charge >= 0.3 is 0 Å². The Hall–Kier alpha value is -2.61. The van der Waals surface area contributed by atoms with Crippen molar-refractivity contribution in [1.82, 2.24) is 20.2 Å². The lowest BCUT2D eigenvalue weighted by Gasteiger charge is -2.26. The molecule has 1 aliphatic heterocycles. The number of nitrogens with one attached hydrogen (secondary N) is 2. The summed E-state index contributed by atoms with van der Waals surface area (Å²) in [6.07, 6.45) is 2.43. The van der Waals surface area contributed by atoms with Crippen LogP contribution in [0.3, 0.4) is 0 Å². The molecule has 1 aliphatic rings. The smallest absolute Gasteiger partial charge is 0.220 e. The number of rotatable bonds is 11. The number of ether oxygens (including phenoxy) is 1. The third-order valence-corrected chi connectivity index (χ3v) is 6.64. The van der Waals surface area contributed by atoms with Crippen LogP contribution >= 0.6 is 11.8 Å². The molecule has 1 fully saturated rings. The molecule has 2 aromatic carbocycles. The first kappa shape index (κ1) is 23.5. The summed E-state index contributed by atoms with van der Waals surface area (Å²) in [6, 6.07) is 20.6. The van der Waals surface area contributed by atoms with Gasteiger partial charge in [-0.2, -0.15) is 0 Å². The molecule has 0 radical (unpaired) electrons. The zero-order valence-corrected chi connectivity index (χ0v) is 19.8. The molecule has 0 saturated carbocycles. The average Bonchev–Trinajstić information content (AvgIpc) is 3.30. The Balaban J connectivity index is 1.22. The van der Waals surface area contributed by atoms with E-state index in [9.17, 15) is 4.79 Å². The second kappa shape index (κ2) is 12.6. The zero-order chi connectivity index (χ0) is 22.7. The zero-order valence-electron chi connectivity index (χ0n) is 19.0. The standard InChI is InChI=1S/C26H32N4O2S/c31-23(27-14-15-30-16-18-32-19-17-30)13-7-8-20-33-26-28-24(21-9-3-1-4-10-21)25(29-26)22-11-5-2-6-12-22/h1-6,9-12H,7-8,13-20H2,(H,27,31)(H,28,29). The molecule has 0 spiro atoms. The predicted molar refractivity (Wildman–Crippen MR) is 134 cm³/mol. The number of hydrogen-bond acceptors (Lipinski definition) is 5. The number of nitrogens with zero attached hydrogens (tertiary/aromatic N) is 2. The molecular formula is C26H32N4O2S. The monoisotopic (exact) mass is 464 g/mol. The topological polar surface area (TPSA) is 70.2 Å². The normalized spacial score (nSPS) is 14.3. The van der Waals surface area contributed by atoms with E-state index < -0.39 is 0 Å².